The van der Waals surface area contributed by atoms with E-state index in [9.17, 15) is 0 Å². The molecule has 5 heteroatoms. The van der Waals surface area contributed by atoms with E-state index in [0.717, 1.165) is 39.6 Å². The van der Waals surface area contributed by atoms with E-state index in [1.165, 1.54) is 11.1 Å². The van der Waals surface area contributed by atoms with Gasteiger partial charge in [0.25, 0.3) is 0 Å². The molecule has 5 aromatic carbocycles. The molecule has 1 aliphatic heterocycles. The van der Waals surface area contributed by atoms with E-state index in [4.69, 9.17) is 19.6 Å². The van der Waals surface area contributed by atoms with E-state index in [-0.39, 0.29) is 17.9 Å². The smallest absolute Gasteiger partial charge is 0.327 e. The summed E-state index contributed by atoms with van der Waals surface area (Å²) in [6, 6.07) is 46.2. The van der Waals surface area contributed by atoms with Crippen molar-refractivity contribution in [2.75, 3.05) is 0 Å². The maximum atomic E-state index is 6.57. The standard InChI is InChI=1S/C40H36BN3O/c1-39(2)27-41(45-40(39,3)4)35-17-11-16-34(26-35)38-43-36(32-22-18-30(19-23-32)28-12-7-5-8-13-28)42-37(44-38)33-24-20-31(21-25-33)29-14-9-6-10-15-29/h5-26H,27H2,1-4H3. The van der Waals surface area contributed by atoms with Gasteiger partial charge in [0.2, 0.25) is 0 Å². The molecule has 1 aromatic heterocycles. The molecule has 6 aromatic rings. The van der Waals surface area contributed by atoms with Crippen molar-refractivity contribution in [3.63, 3.8) is 0 Å². The second kappa shape index (κ2) is 11.6. The Labute approximate surface area is 266 Å². The third-order valence-corrected chi connectivity index (χ3v) is 9.41. The number of rotatable bonds is 6. The first kappa shape index (κ1) is 28.9. The van der Waals surface area contributed by atoms with Crippen LogP contribution in [0.1, 0.15) is 27.7 Å². The molecule has 0 radical (unpaired) electrons. The minimum absolute atomic E-state index is 0.0202. The summed E-state index contributed by atoms with van der Waals surface area (Å²) >= 11 is 0. The van der Waals surface area contributed by atoms with Gasteiger partial charge in [0.15, 0.2) is 17.5 Å². The molecule has 0 bridgehead atoms. The fourth-order valence-corrected chi connectivity index (χ4v) is 5.98. The zero-order valence-electron chi connectivity index (χ0n) is 26.2. The Morgan fingerprint density at radius 3 is 1.31 bits per heavy atom. The summed E-state index contributed by atoms with van der Waals surface area (Å²) in [5.41, 5.74) is 8.51. The van der Waals surface area contributed by atoms with Gasteiger partial charge < -0.3 is 4.65 Å². The van der Waals surface area contributed by atoms with Gasteiger partial charge in [-0.05, 0) is 53.3 Å². The van der Waals surface area contributed by atoms with Gasteiger partial charge in [0.1, 0.15) is 0 Å². The lowest BCUT2D eigenvalue weighted by Crippen LogP contribution is -2.36. The highest BCUT2D eigenvalue weighted by Gasteiger charge is 2.49. The molecule has 1 saturated heterocycles. The van der Waals surface area contributed by atoms with Crippen molar-refractivity contribution >= 4 is 12.4 Å². The monoisotopic (exact) mass is 585 g/mol. The van der Waals surface area contributed by atoms with Crippen LogP contribution in [0, 0.1) is 5.41 Å². The van der Waals surface area contributed by atoms with Crippen LogP contribution in [0.2, 0.25) is 6.32 Å². The molecule has 1 aliphatic rings. The van der Waals surface area contributed by atoms with Crippen molar-refractivity contribution in [3.05, 3.63) is 133 Å². The molecule has 0 saturated carbocycles. The second-order valence-electron chi connectivity index (χ2n) is 13.0. The summed E-state index contributed by atoms with van der Waals surface area (Å²) in [7, 11) is 0. The fourth-order valence-electron chi connectivity index (χ4n) is 5.98. The summed E-state index contributed by atoms with van der Waals surface area (Å²) in [6.45, 7) is 8.97. The summed E-state index contributed by atoms with van der Waals surface area (Å²) in [4.78, 5) is 15.1. The van der Waals surface area contributed by atoms with Gasteiger partial charge >= 0.3 is 6.92 Å². The molecule has 0 amide bonds. The summed E-state index contributed by atoms with van der Waals surface area (Å²) in [5, 5.41) is 0. The highest BCUT2D eigenvalue weighted by Crippen LogP contribution is 2.45. The molecule has 0 spiro atoms. The van der Waals surface area contributed by atoms with Crippen molar-refractivity contribution < 1.29 is 4.65 Å². The van der Waals surface area contributed by atoms with Crippen molar-refractivity contribution in [2.45, 2.75) is 39.6 Å². The molecule has 4 nitrogen and oxygen atoms in total. The van der Waals surface area contributed by atoms with Crippen LogP contribution in [0.5, 0.6) is 0 Å². The van der Waals surface area contributed by atoms with E-state index < -0.39 is 0 Å². The van der Waals surface area contributed by atoms with Gasteiger partial charge in [-0.3, -0.25) is 0 Å². The summed E-state index contributed by atoms with van der Waals surface area (Å²) in [5.74, 6) is 1.94. The van der Waals surface area contributed by atoms with Crippen molar-refractivity contribution in [1.82, 2.24) is 15.0 Å². The average Bonchev–Trinajstić information content (AvgIpc) is 3.31. The van der Waals surface area contributed by atoms with Crippen LogP contribution in [-0.2, 0) is 4.65 Å². The molecule has 0 unspecified atom stereocenters. The van der Waals surface area contributed by atoms with Crippen LogP contribution < -0.4 is 5.46 Å². The van der Waals surface area contributed by atoms with E-state index in [1.54, 1.807) is 0 Å². The van der Waals surface area contributed by atoms with Gasteiger partial charge in [-0.1, -0.05) is 147 Å². The topological polar surface area (TPSA) is 47.9 Å². The molecule has 45 heavy (non-hydrogen) atoms. The lowest BCUT2D eigenvalue weighted by molar-refractivity contribution is 0.0375. The Hall–Kier alpha value is -4.87. The molecule has 7 rings (SSSR count). The quantitative estimate of drug-likeness (QED) is 0.183. The van der Waals surface area contributed by atoms with Gasteiger partial charge in [-0.15, -0.1) is 0 Å². The highest BCUT2D eigenvalue weighted by molar-refractivity contribution is 6.68. The number of hydrogen-bond acceptors (Lipinski definition) is 4. The van der Waals surface area contributed by atoms with Crippen molar-refractivity contribution in [3.8, 4) is 56.4 Å². The third-order valence-electron chi connectivity index (χ3n) is 9.41. The first-order valence-corrected chi connectivity index (χ1v) is 15.6. The Bertz CT molecular complexity index is 1820. The fraction of sp³-hybridized carbons (Fsp3) is 0.175. The zero-order valence-corrected chi connectivity index (χ0v) is 26.2. The number of aromatic nitrogens is 3. The summed E-state index contributed by atoms with van der Waals surface area (Å²) in [6.07, 6.45) is 0.957. The molecule has 1 fully saturated rings. The van der Waals surface area contributed by atoms with E-state index in [2.05, 4.69) is 149 Å². The van der Waals surface area contributed by atoms with Crippen molar-refractivity contribution in [2.24, 2.45) is 5.41 Å². The van der Waals surface area contributed by atoms with E-state index >= 15 is 0 Å². The van der Waals surface area contributed by atoms with E-state index in [1.807, 2.05) is 12.1 Å². The minimum Gasteiger partial charge on any atom is -0.426 e. The average molecular weight is 586 g/mol. The highest BCUT2D eigenvalue weighted by atomic mass is 16.5. The number of nitrogens with zero attached hydrogens (tertiary/aromatic N) is 3. The first-order valence-electron chi connectivity index (χ1n) is 15.6. The predicted octanol–water partition coefficient (Wildman–Crippen LogP) is 9.24. The molecule has 2 heterocycles. The number of benzene rings is 5. The summed E-state index contributed by atoms with van der Waals surface area (Å²) < 4.78 is 6.57. The van der Waals surface area contributed by atoms with E-state index in [0.29, 0.717) is 17.5 Å². The molecule has 0 N–H and O–H groups in total. The Balaban J connectivity index is 1.29. The predicted molar refractivity (Wildman–Crippen MR) is 186 cm³/mol. The lowest BCUT2D eigenvalue weighted by Gasteiger charge is -2.34. The van der Waals surface area contributed by atoms with Gasteiger partial charge in [-0.25, -0.2) is 15.0 Å². The SMILES string of the molecule is CC1(C)CB(c2cccc(-c3nc(-c4ccc(-c5ccccc5)cc4)nc(-c4ccc(-c5ccccc5)cc4)n3)c2)OC1(C)C. The van der Waals surface area contributed by atoms with Gasteiger partial charge in [-0.2, -0.15) is 0 Å². The van der Waals surface area contributed by atoms with Crippen LogP contribution in [0.15, 0.2) is 133 Å². The minimum atomic E-state index is -0.209. The lowest BCUT2D eigenvalue weighted by atomic mass is 9.54. The molecule has 0 atom stereocenters. The van der Waals surface area contributed by atoms with Gasteiger partial charge in [0.05, 0.1) is 5.60 Å². The zero-order chi connectivity index (χ0) is 31.0. The molecular weight excluding hydrogens is 549 g/mol. The van der Waals surface area contributed by atoms with Crippen LogP contribution >= 0.6 is 0 Å². The number of hydrogen-bond donors (Lipinski definition) is 0. The Kier molecular flexibility index (Phi) is 7.43. The second-order valence-corrected chi connectivity index (χ2v) is 13.0. The van der Waals surface area contributed by atoms with Crippen LogP contribution in [-0.4, -0.2) is 27.5 Å². The van der Waals surface area contributed by atoms with Crippen molar-refractivity contribution in [1.29, 1.82) is 0 Å². The molecule has 220 valence electrons. The Morgan fingerprint density at radius 1 is 0.467 bits per heavy atom. The van der Waals surface area contributed by atoms with Crippen LogP contribution in [0.3, 0.4) is 0 Å². The maximum absolute atomic E-state index is 6.57. The molecular formula is C40H36BN3O. The third kappa shape index (κ3) is 5.84. The normalized spacial score (nSPS) is 15.2. The first-order chi connectivity index (χ1) is 21.8. The molecule has 0 aliphatic carbocycles. The maximum Gasteiger partial charge on any atom is 0.327 e. The Morgan fingerprint density at radius 2 is 0.867 bits per heavy atom. The van der Waals surface area contributed by atoms with Gasteiger partial charge in [0, 0.05) is 16.7 Å². The van der Waals surface area contributed by atoms with Crippen LogP contribution in [0.25, 0.3) is 56.4 Å². The largest absolute Gasteiger partial charge is 0.426 e. The van der Waals surface area contributed by atoms with Crippen LogP contribution in [0.4, 0.5) is 0 Å².